The van der Waals surface area contributed by atoms with Crippen molar-refractivity contribution in [2.45, 2.75) is 13.0 Å². The SMILES string of the molecule is NCc1csc(Cc2ccco2)n1. The Balaban J connectivity index is 2.10. The fourth-order valence-electron chi connectivity index (χ4n) is 1.09. The van der Waals surface area contributed by atoms with E-state index in [9.17, 15) is 0 Å². The number of nitrogens with zero attached hydrogens (tertiary/aromatic N) is 1. The lowest BCUT2D eigenvalue weighted by atomic mass is 10.3. The molecule has 0 unspecified atom stereocenters. The molecule has 0 spiro atoms. The molecule has 2 aromatic rings. The Bertz CT molecular complexity index is 367. The Hall–Kier alpha value is -1.13. The van der Waals surface area contributed by atoms with Crippen LogP contribution in [0.1, 0.15) is 16.5 Å². The number of thiazole rings is 1. The number of nitrogens with two attached hydrogens (primary N) is 1. The third kappa shape index (κ3) is 1.96. The summed E-state index contributed by atoms with van der Waals surface area (Å²) >= 11 is 1.62. The van der Waals surface area contributed by atoms with Gasteiger partial charge in [-0.1, -0.05) is 0 Å². The van der Waals surface area contributed by atoms with Gasteiger partial charge in [0.25, 0.3) is 0 Å². The van der Waals surface area contributed by atoms with Gasteiger partial charge in [-0.3, -0.25) is 0 Å². The summed E-state index contributed by atoms with van der Waals surface area (Å²) in [6, 6.07) is 3.83. The molecule has 0 saturated carbocycles. The van der Waals surface area contributed by atoms with Crippen LogP contribution in [-0.2, 0) is 13.0 Å². The van der Waals surface area contributed by atoms with Gasteiger partial charge in [0.2, 0.25) is 0 Å². The van der Waals surface area contributed by atoms with Crippen LogP contribution in [-0.4, -0.2) is 4.98 Å². The van der Waals surface area contributed by atoms with Crippen LogP contribution in [0.5, 0.6) is 0 Å². The molecule has 0 fully saturated rings. The van der Waals surface area contributed by atoms with Gasteiger partial charge in [0.05, 0.1) is 18.4 Å². The van der Waals surface area contributed by atoms with Gasteiger partial charge in [-0.25, -0.2) is 4.98 Å². The standard InChI is InChI=1S/C9H10N2OS/c10-5-7-6-13-9(11-7)4-8-2-1-3-12-8/h1-3,6H,4-5,10H2. The largest absolute Gasteiger partial charge is 0.469 e. The molecular weight excluding hydrogens is 184 g/mol. The van der Waals surface area contributed by atoms with E-state index in [1.54, 1.807) is 17.6 Å². The molecule has 2 rings (SSSR count). The summed E-state index contributed by atoms with van der Waals surface area (Å²) in [5.41, 5.74) is 6.41. The number of hydrogen-bond acceptors (Lipinski definition) is 4. The van der Waals surface area contributed by atoms with Crippen molar-refractivity contribution in [2.75, 3.05) is 0 Å². The van der Waals surface area contributed by atoms with E-state index in [1.165, 1.54) is 0 Å². The average molecular weight is 194 g/mol. The Morgan fingerprint density at radius 2 is 2.46 bits per heavy atom. The van der Waals surface area contributed by atoms with Crippen LogP contribution in [0.15, 0.2) is 28.2 Å². The maximum absolute atomic E-state index is 5.46. The molecule has 0 bridgehead atoms. The van der Waals surface area contributed by atoms with Crippen LogP contribution in [0.4, 0.5) is 0 Å². The van der Waals surface area contributed by atoms with Crippen LogP contribution in [0, 0.1) is 0 Å². The van der Waals surface area contributed by atoms with Crippen molar-refractivity contribution in [3.8, 4) is 0 Å². The van der Waals surface area contributed by atoms with Crippen molar-refractivity contribution in [3.05, 3.63) is 40.2 Å². The van der Waals surface area contributed by atoms with E-state index in [4.69, 9.17) is 10.2 Å². The first-order chi connectivity index (χ1) is 6.38. The second-order valence-corrected chi connectivity index (χ2v) is 3.64. The Morgan fingerprint density at radius 3 is 3.08 bits per heavy atom. The normalized spacial score (nSPS) is 10.5. The summed E-state index contributed by atoms with van der Waals surface area (Å²) in [6.07, 6.45) is 2.43. The molecule has 0 saturated heterocycles. The molecule has 2 heterocycles. The van der Waals surface area contributed by atoms with E-state index in [-0.39, 0.29) is 0 Å². The summed E-state index contributed by atoms with van der Waals surface area (Å²) in [7, 11) is 0. The van der Waals surface area contributed by atoms with Gasteiger partial charge in [-0.2, -0.15) is 0 Å². The zero-order valence-electron chi connectivity index (χ0n) is 7.06. The van der Waals surface area contributed by atoms with E-state index in [1.807, 2.05) is 17.5 Å². The molecule has 68 valence electrons. The van der Waals surface area contributed by atoms with Crippen LogP contribution in [0.25, 0.3) is 0 Å². The third-order valence-electron chi connectivity index (χ3n) is 1.71. The van der Waals surface area contributed by atoms with Gasteiger partial charge in [0.15, 0.2) is 0 Å². The zero-order valence-corrected chi connectivity index (χ0v) is 7.88. The highest BCUT2D eigenvalue weighted by Crippen LogP contribution is 2.14. The average Bonchev–Trinajstić information content (AvgIpc) is 2.76. The lowest BCUT2D eigenvalue weighted by molar-refractivity contribution is 0.520. The summed E-state index contributed by atoms with van der Waals surface area (Å²) in [4.78, 5) is 4.34. The van der Waals surface area contributed by atoms with Gasteiger partial charge in [0.1, 0.15) is 10.8 Å². The fourth-order valence-corrected chi connectivity index (χ4v) is 1.90. The predicted octanol–water partition coefficient (Wildman–Crippen LogP) is 1.79. The minimum Gasteiger partial charge on any atom is -0.469 e. The van der Waals surface area contributed by atoms with Crippen molar-refractivity contribution in [2.24, 2.45) is 5.73 Å². The van der Waals surface area contributed by atoms with Crippen LogP contribution in [0.2, 0.25) is 0 Å². The first kappa shape index (κ1) is 8.47. The molecule has 0 aromatic carbocycles. The Labute approximate surface area is 80.2 Å². The second kappa shape index (κ2) is 3.72. The highest BCUT2D eigenvalue weighted by Gasteiger charge is 2.03. The van der Waals surface area contributed by atoms with Crippen molar-refractivity contribution in [1.29, 1.82) is 0 Å². The molecule has 0 aliphatic carbocycles. The Morgan fingerprint density at radius 1 is 1.54 bits per heavy atom. The predicted molar refractivity (Wildman–Crippen MR) is 51.5 cm³/mol. The maximum atomic E-state index is 5.46. The fraction of sp³-hybridized carbons (Fsp3) is 0.222. The summed E-state index contributed by atoms with van der Waals surface area (Å²) < 4.78 is 5.22. The first-order valence-electron chi connectivity index (χ1n) is 4.04. The quantitative estimate of drug-likeness (QED) is 0.810. The van der Waals surface area contributed by atoms with E-state index in [0.717, 1.165) is 22.9 Å². The topological polar surface area (TPSA) is 52.0 Å². The minimum atomic E-state index is 0.509. The molecule has 2 N–H and O–H groups in total. The van der Waals surface area contributed by atoms with Crippen LogP contribution >= 0.6 is 11.3 Å². The van der Waals surface area contributed by atoms with Gasteiger partial charge >= 0.3 is 0 Å². The van der Waals surface area contributed by atoms with E-state index in [2.05, 4.69) is 4.98 Å². The smallest absolute Gasteiger partial charge is 0.110 e. The van der Waals surface area contributed by atoms with Gasteiger partial charge in [0, 0.05) is 11.9 Å². The van der Waals surface area contributed by atoms with Gasteiger partial charge < -0.3 is 10.2 Å². The number of rotatable bonds is 3. The highest BCUT2D eigenvalue weighted by atomic mass is 32.1. The van der Waals surface area contributed by atoms with Gasteiger partial charge in [-0.05, 0) is 12.1 Å². The molecule has 13 heavy (non-hydrogen) atoms. The molecule has 4 heteroatoms. The lowest BCUT2D eigenvalue weighted by Crippen LogP contribution is -1.96. The molecule has 3 nitrogen and oxygen atoms in total. The molecule has 0 aliphatic heterocycles. The highest BCUT2D eigenvalue weighted by molar-refractivity contribution is 7.09. The minimum absolute atomic E-state index is 0.509. The van der Waals surface area contributed by atoms with Crippen LogP contribution in [0.3, 0.4) is 0 Å². The maximum Gasteiger partial charge on any atom is 0.110 e. The summed E-state index contributed by atoms with van der Waals surface area (Å²) in [6.45, 7) is 0.509. The van der Waals surface area contributed by atoms with Gasteiger partial charge in [-0.15, -0.1) is 11.3 Å². The molecular formula is C9H10N2OS. The van der Waals surface area contributed by atoms with E-state index in [0.29, 0.717) is 6.54 Å². The molecule has 0 atom stereocenters. The number of hydrogen-bond donors (Lipinski definition) is 1. The summed E-state index contributed by atoms with van der Waals surface area (Å²) in [5, 5.41) is 3.04. The lowest BCUT2D eigenvalue weighted by Gasteiger charge is -1.90. The second-order valence-electron chi connectivity index (χ2n) is 2.69. The zero-order chi connectivity index (χ0) is 9.10. The molecule has 2 aromatic heterocycles. The van der Waals surface area contributed by atoms with Crippen molar-refractivity contribution in [1.82, 2.24) is 4.98 Å². The van der Waals surface area contributed by atoms with E-state index >= 15 is 0 Å². The molecule has 0 amide bonds. The molecule has 0 radical (unpaired) electrons. The first-order valence-corrected chi connectivity index (χ1v) is 4.92. The number of furan rings is 1. The van der Waals surface area contributed by atoms with E-state index < -0.39 is 0 Å². The number of aromatic nitrogens is 1. The van der Waals surface area contributed by atoms with Crippen molar-refractivity contribution in [3.63, 3.8) is 0 Å². The monoisotopic (exact) mass is 194 g/mol. The summed E-state index contributed by atoms with van der Waals surface area (Å²) in [5.74, 6) is 0.943. The van der Waals surface area contributed by atoms with Crippen molar-refractivity contribution >= 4 is 11.3 Å². The molecule has 0 aliphatic rings. The van der Waals surface area contributed by atoms with Crippen LogP contribution < -0.4 is 5.73 Å². The van der Waals surface area contributed by atoms with Crippen molar-refractivity contribution < 1.29 is 4.42 Å². The third-order valence-corrected chi connectivity index (χ3v) is 2.61. The Kier molecular flexibility index (Phi) is 2.42.